The van der Waals surface area contributed by atoms with Crippen molar-refractivity contribution in [2.24, 2.45) is 0 Å². The molecule has 5 nitrogen and oxygen atoms in total. The second kappa shape index (κ2) is 8.42. The lowest BCUT2D eigenvalue weighted by Crippen LogP contribution is -2.10. The predicted molar refractivity (Wildman–Crippen MR) is 101 cm³/mol. The topological polar surface area (TPSA) is 63.8 Å². The van der Waals surface area contributed by atoms with Gasteiger partial charge in [0.15, 0.2) is 5.16 Å². The Kier molecular flexibility index (Phi) is 6.00. The van der Waals surface area contributed by atoms with Crippen LogP contribution in [0.1, 0.15) is 26.3 Å². The highest BCUT2D eigenvalue weighted by molar-refractivity contribution is 7.99. The van der Waals surface area contributed by atoms with Gasteiger partial charge in [0.05, 0.1) is 36.1 Å². The fourth-order valence-electron chi connectivity index (χ4n) is 2.59. The van der Waals surface area contributed by atoms with Crippen molar-refractivity contribution in [3.8, 4) is 22.6 Å². The van der Waals surface area contributed by atoms with Crippen LogP contribution in [0.5, 0.6) is 0 Å². The van der Waals surface area contributed by atoms with Gasteiger partial charge in [0.25, 0.3) is 0 Å². The van der Waals surface area contributed by atoms with Gasteiger partial charge in [-0.25, -0.2) is 19.3 Å². The summed E-state index contributed by atoms with van der Waals surface area (Å²) in [6.07, 6.45) is 4.46. The largest absolute Gasteiger partial charge is 0.394 e. The highest BCUT2D eigenvalue weighted by atomic mass is 32.2. The summed E-state index contributed by atoms with van der Waals surface area (Å²) in [6, 6.07) is 7.90. The number of benzene rings is 1. The molecule has 0 bridgehead atoms. The minimum Gasteiger partial charge on any atom is -0.394 e. The third kappa shape index (κ3) is 3.94. The Hall–Kier alpha value is -2.25. The quantitative estimate of drug-likeness (QED) is 0.497. The van der Waals surface area contributed by atoms with Crippen LogP contribution in [0.25, 0.3) is 22.6 Å². The first-order valence-corrected chi connectivity index (χ1v) is 9.52. The van der Waals surface area contributed by atoms with Gasteiger partial charge in [0, 0.05) is 17.5 Å². The van der Waals surface area contributed by atoms with Gasteiger partial charge in [0.1, 0.15) is 5.82 Å². The Bertz CT molecular complexity index is 866. The number of aromatic nitrogens is 4. The highest BCUT2D eigenvalue weighted by Crippen LogP contribution is 2.33. The smallest absolute Gasteiger partial charge is 0.188 e. The van der Waals surface area contributed by atoms with Crippen LogP contribution in [0, 0.1) is 5.82 Å². The fourth-order valence-corrected chi connectivity index (χ4v) is 3.28. The van der Waals surface area contributed by atoms with E-state index in [-0.39, 0.29) is 18.5 Å². The first-order valence-electron chi connectivity index (χ1n) is 8.53. The zero-order valence-corrected chi connectivity index (χ0v) is 15.6. The van der Waals surface area contributed by atoms with E-state index in [1.54, 1.807) is 36.4 Å². The van der Waals surface area contributed by atoms with Crippen molar-refractivity contribution in [3.63, 3.8) is 0 Å². The molecule has 2 heterocycles. The lowest BCUT2D eigenvalue weighted by Gasteiger charge is -2.15. The summed E-state index contributed by atoms with van der Waals surface area (Å²) >= 11 is 1.60. The average Bonchev–Trinajstić information content (AvgIpc) is 3.11. The van der Waals surface area contributed by atoms with Crippen molar-refractivity contribution >= 4 is 11.8 Å². The number of aliphatic hydroxyl groups excluding tert-OH is 1. The Morgan fingerprint density at radius 1 is 1.19 bits per heavy atom. The molecule has 3 rings (SSSR count). The van der Waals surface area contributed by atoms with E-state index in [9.17, 15) is 9.50 Å². The number of hydrogen-bond donors (Lipinski definition) is 1. The molecule has 1 N–H and O–H groups in total. The molecule has 0 aliphatic carbocycles. The van der Waals surface area contributed by atoms with Crippen LogP contribution in [0.3, 0.4) is 0 Å². The lowest BCUT2D eigenvalue weighted by molar-refractivity contribution is 0.239. The van der Waals surface area contributed by atoms with E-state index in [0.717, 1.165) is 29.1 Å². The Labute approximate surface area is 156 Å². The maximum absolute atomic E-state index is 13.3. The molecular weight excluding hydrogens is 351 g/mol. The third-order valence-electron chi connectivity index (χ3n) is 3.96. The molecule has 136 valence electrons. The number of rotatable bonds is 7. The molecule has 0 fully saturated rings. The average molecular weight is 372 g/mol. The summed E-state index contributed by atoms with van der Waals surface area (Å²) < 4.78 is 15.2. The molecule has 0 aliphatic heterocycles. The van der Waals surface area contributed by atoms with Crippen LogP contribution in [0.4, 0.5) is 4.39 Å². The summed E-state index contributed by atoms with van der Waals surface area (Å²) in [5.74, 6) is 0.652. The number of thioether (sulfide) groups is 1. The van der Waals surface area contributed by atoms with Gasteiger partial charge < -0.3 is 9.67 Å². The zero-order valence-electron chi connectivity index (χ0n) is 14.8. The fraction of sp³-hybridized carbons (Fsp3) is 0.316. The van der Waals surface area contributed by atoms with E-state index >= 15 is 0 Å². The number of aliphatic hydroxyl groups is 1. The molecular formula is C19H21FN4OS. The maximum atomic E-state index is 13.3. The first-order chi connectivity index (χ1) is 12.6. The minimum atomic E-state index is -0.293. The second-order valence-corrected chi connectivity index (χ2v) is 7.02. The number of halogens is 1. The van der Waals surface area contributed by atoms with E-state index in [0.29, 0.717) is 10.9 Å². The van der Waals surface area contributed by atoms with Crippen LogP contribution >= 0.6 is 11.8 Å². The monoisotopic (exact) mass is 372 g/mol. The van der Waals surface area contributed by atoms with E-state index < -0.39 is 0 Å². The van der Waals surface area contributed by atoms with Crippen LogP contribution < -0.4 is 0 Å². The molecule has 1 atom stereocenters. The number of nitrogens with zero attached hydrogens (tertiary/aromatic N) is 4. The van der Waals surface area contributed by atoms with Crippen molar-refractivity contribution < 1.29 is 9.50 Å². The first kappa shape index (κ1) is 18.5. The molecule has 7 heteroatoms. The van der Waals surface area contributed by atoms with Gasteiger partial charge >= 0.3 is 0 Å². The molecule has 0 amide bonds. The molecule has 0 aliphatic rings. The van der Waals surface area contributed by atoms with E-state index in [4.69, 9.17) is 0 Å². The normalized spacial score (nSPS) is 12.3. The molecule has 0 saturated carbocycles. The molecule has 26 heavy (non-hydrogen) atoms. The van der Waals surface area contributed by atoms with Crippen molar-refractivity contribution in [2.75, 3.05) is 12.4 Å². The van der Waals surface area contributed by atoms with Gasteiger partial charge in [-0.2, -0.15) is 0 Å². The van der Waals surface area contributed by atoms with Gasteiger partial charge in [0.2, 0.25) is 0 Å². The van der Waals surface area contributed by atoms with Gasteiger partial charge in [-0.05, 0) is 43.7 Å². The van der Waals surface area contributed by atoms with E-state index in [1.165, 1.54) is 12.1 Å². The SMILES string of the molecule is CCCSc1nccc(-c2c(-c3ccc(F)cc3)ncn2C(C)CO)n1. The summed E-state index contributed by atoms with van der Waals surface area (Å²) in [7, 11) is 0. The summed E-state index contributed by atoms with van der Waals surface area (Å²) in [5, 5.41) is 10.3. The van der Waals surface area contributed by atoms with Crippen LogP contribution in [-0.4, -0.2) is 37.0 Å². The van der Waals surface area contributed by atoms with E-state index in [2.05, 4.69) is 21.9 Å². The van der Waals surface area contributed by atoms with Crippen LogP contribution in [-0.2, 0) is 0 Å². The van der Waals surface area contributed by atoms with Crippen molar-refractivity contribution in [1.82, 2.24) is 19.5 Å². The molecule has 0 radical (unpaired) electrons. The number of hydrogen-bond acceptors (Lipinski definition) is 5. The minimum absolute atomic E-state index is 0.0191. The van der Waals surface area contributed by atoms with Crippen molar-refractivity contribution in [3.05, 3.63) is 48.7 Å². The Morgan fingerprint density at radius 3 is 2.65 bits per heavy atom. The molecule has 3 aromatic rings. The Balaban J connectivity index is 2.11. The van der Waals surface area contributed by atoms with Crippen molar-refractivity contribution in [1.29, 1.82) is 0 Å². The van der Waals surface area contributed by atoms with Gasteiger partial charge in [-0.3, -0.25) is 0 Å². The van der Waals surface area contributed by atoms with Gasteiger partial charge in [-0.1, -0.05) is 18.7 Å². The maximum Gasteiger partial charge on any atom is 0.188 e. The highest BCUT2D eigenvalue weighted by Gasteiger charge is 2.19. The molecule has 1 unspecified atom stereocenters. The molecule has 1 aromatic carbocycles. The van der Waals surface area contributed by atoms with Crippen LogP contribution in [0.15, 0.2) is 48.0 Å². The number of imidazole rings is 1. The molecule has 0 spiro atoms. The molecule has 2 aromatic heterocycles. The molecule has 0 saturated heterocycles. The second-order valence-electron chi connectivity index (χ2n) is 5.96. The predicted octanol–water partition coefficient (Wildman–Crippen LogP) is 4.20. The summed E-state index contributed by atoms with van der Waals surface area (Å²) in [6.45, 7) is 4.00. The van der Waals surface area contributed by atoms with Crippen LogP contribution in [0.2, 0.25) is 0 Å². The van der Waals surface area contributed by atoms with Gasteiger partial charge in [-0.15, -0.1) is 0 Å². The lowest BCUT2D eigenvalue weighted by atomic mass is 10.1. The van der Waals surface area contributed by atoms with Crippen molar-refractivity contribution in [2.45, 2.75) is 31.5 Å². The summed E-state index contributed by atoms with van der Waals surface area (Å²) in [4.78, 5) is 13.5. The van der Waals surface area contributed by atoms with E-state index in [1.807, 2.05) is 17.6 Å². The summed E-state index contributed by atoms with van der Waals surface area (Å²) in [5.41, 5.74) is 3.02. The third-order valence-corrected chi connectivity index (χ3v) is 5.03. The zero-order chi connectivity index (χ0) is 18.5. The Morgan fingerprint density at radius 2 is 1.96 bits per heavy atom. The standard InChI is InChI=1S/C19H21FN4OS/c1-3-10-26-19-21-9-8-16(23-19)18-17(14-4-6-15(20)7-5-14)22-12-24(18)13(2)11-25/h4-9,12-13,25H,3,10-11H2,1-2H3.